The molecule has 2 rings (SSSR count). The van der Waals surface area contributed by atoms with E-state index >= 15 is 0 Å². The van der Waals surface area contributed by atoms with Gasteiger partial charge in [0, 0.05) is 19.0 Å². The van der Waals surface area contributed by atoms with E-state index < -0.39 is 5.97 Å². The highest BCUT2D eigenvalue weighted by Crippen LogP contribution is 2.22. The third-order valence-electron chi connectivity index (χ3n) is 2.22. The third kappa shape index (κ3) is 3.04. The molecule has 0 bridgehead atoms. The summed E-state index contributed by atoms with van der Waals surface area (Å²) in [5.41, 5.74) is 0.451. The van der Waals surface area contributed by atoms with Crippen molar-refractivity contribution in [2.75, 3.05) is 0 Å². The zero-order valence-electron chi connectivity index (χ0n) is 9.34. The number of carboxylic acids is 1. The molecular formula is C11H10ClN3O3. The molecule has 94 valence electrons. The van der Waals surface area contributed by atoms with Gasteiger partial charge in [-0.2, -0.15) is 4.98 Å². The van der Waals surface area contributed by atoms with Crippen molar-refractivity contribution in [1.29, 1.82) is 0 Å². The van der Waals surface area contributed by atoms with Crippen LogP contribution in [0, 0.1) is 0 Å². The molecule has 2 heterocycles. The Morgan fingerprint density at radius 2 is 2.33 bits per heavy atom. The van der Waals surface area contributed by atoms with Crippen LogP contribution in [0.1, 0.15) is 18.7 Å². The summed E-state index contributed by atoms with van der Waals surface area (Å²) in [6, 6.07) is 3.39. The third-order valence-corrected chi connectivity index (χ3v) is 2.52. The fourth-order valence-corrected chi connectivity index (χ4v) is 1.60. The Morgan fingerprint density at radius 1 is 1.50 bits per heavy atom. The quantitative estimate of drug-likeness (QED) is 0.893. The molecule has 2 aromatic heterocycles. The minimum Gasteiger partial charge on any atom is -0.481 e. The second kappa shape index (κ2) is 5.59. The molecular weight excluding hydrogens is 258 g/mol. The molecule has 0 aromatic carbocycles. The average Bonchev–Trinajstić information content (AvgIpc) is 2.78. The van der Waals surface area contributed by atoms with Crippen molar-refractivity contribution in [1.82, 2.24) is 15.1 Å². The van der Waals surface area contributed by atoms with E-state index in [4.69, 9.17) is 21.2 Å². The molecule has 1 N–H and O–H groups in total. The van der Waals surface area contributed by atoms with Crippen LogP contribution in [0.15, 0.2) is 22.9 Å². The number of hydrogen-bond donors (Lipinski definition) is 1. The highest BCUT2D eigenvalue weighted by atomic mass is 35.5. The van der Waals surface area contributed by atoms with Crippen LogP contribution in [0.3, 0.4) is 0 Å². The number of pyridine rings is 1. The lowest BCUT2D eigenvalue weighted by atomic mass is 10.2. The number of aliphatic carboxylic acids is 1. The van der Waals surface area contributed by atoms with Gasteiger partial charge in [0.2, 0.25) is 11.7 Å². The number of halogens is 1. The van der Waals surface area contributed by atoms with E-state index in [0.717, 1.165) is 0 Å². The summed E-state index contributed by atoms with van der Waals surface area (Å²) in [5.74, 6) is -0.151. The summed E-state index contributed by atoms with van der Waals surface area (Å²) in [6.45, 7) is 0. The van der Waals surface area contributed by atoms with E-state index in [2.05, 4.69) is 15.1 Å². The van der Waals surface area contributed by atoms with Crippen LogP contribution in [-0.2, 0) is 11.2 Å². The standard InChI is InChI=1S/C11H10ClN3O3/c12-7-3-2-6-13-10(7)11-14-8(18-15-11)4-1-5-9(16)17/h2-3,6H,1,4-5H2,(H,16,17). The Bertz CT molecular complexity index is 556. The summed E-state index contributed by atoms with van der Waals surface area (Å²) in [4.78, 5) is 18.5. The largest absolute Gasteiger partial charge is 0.481 e. The smallest absolute Gasteiger partial charge is 0.303 e. The molecule has 0 amide bonds. The van der Waals surface area contributed by atoms with Gasteiger partial charge in [0.15, 0.2) is 0 Å². The Morgan fingerprint density at radius 3 is 3.06 bits per heavy atom. The number of aryl methyl sites for hydroxylation is 1. The predicted molar refractivity (Wildman–Crippen MR) is 63.1 cm³/mol. The van der Waals surface area contributed by atoms with E-state index in [1.807, 2.05) is 0 Å². The highest BCUT2D eigenvalue weighted by molar-refractivity contribution is 6.32. The van der Waals surface area contributed by atoms with Gasteiger partial charge in [-0.3, -0.25) is 9.78 Å². The minimum atomic E-state index is -0.845. The first-order chi connectivity index (χ1) is 8.66. The van der Waals surface area contributed by atoms with Crippen LogP contribution in [0.4, 0.5) is 0 Å². The van der Waals surface area contributed by atoms with Crippen molar-refractivity contribution < 1.29 is 14.4 Å². The molecule has 6 nitrogen and oxygen atoms in total. The van der Waals surface area contributed by atoms with Gasteiger partial charge in [-0.15, -0.1) is 0 Å². The number of nitrogens with zero attached hydrogens (tertiary/aromatic N) is 3. The van der Waals surface area contributed by atoms with Crippen LogP contribution in [0.2, 0.25) is 5.02 Å². The second-order valence-corrected chi connectivity index (χ2v) is 4.00. The lowest BCUT2D eigenvalue weighted by Gasteiger charge is -1.94. The molecule has 0 atom stereocenters. The van der Waals surface area contributed by atoms with Gasteiger partial charge >= 0.3 is 5.97 Å². The van der Waals surface area contributed by atoms with Crippen LogP contribution in [0.25, 0.3) is 11.5 Å². The van der Waals surface area contributed by atoms with Crippen LogP contribution < -0.4 is 0 Å². The van der Waals surface area contributed by atoms with Crippen LogP contribution >= 0.6 is 11.6 Å². The van der Waals surface area contributed by atoms with Gasteiger partial charge in [-0.25, -0.2) is 0 Å². The fraction of sp³-hybridized carbons (Fsp3) is 0.273. The molecule has 0 fully saturated rings. The molecule has 0 aliphatic carbocycles. The van der Waals surface area contributed by atoms with E-state index in [1.165, 1.54) is 0 Å². The first kappa shape index (κ1) is 12.5. The molecule has 0 unspecified atom stereocenters. The Hall–Kier alpha value is -1.95. The molecule has 0 radical (unpaired) electrons. The van der Waals surface area contributed by atoms with Crippen molar-refractivity contribution in [3.63, 3.8) is 0 Å². The van der Waals surface area contributed by atoms with Crippen molar-refractivity contribution in [2.45, 2.75) is 19.3 Å². The van der Waals surface area contributed by atoms with Gasteiger partial charge in [0.1, 0.15) is 5.69 Å². The molecule has 0 spiro atoms. The highest BCUT2D eigenvalue weighted by Gasteiger charge is 2.12. The van der Waals surface area contributed by atoms with Crippen molar-refractivity contribution >= 4 is 17.6 Å². The lowest BCUT2D eigenvalue weighted by Crippen LogP contribution is -1.96. The molecule has 18 heavy (non-hydrogen) atoms. The monoisotopic (exact) mass is 267 g/mol. The maximum Gasteiger partial charge on any atom is 0.303 e. The van der Waals surface area contributed by atoms with E-state index in [9.17, 15) is 4.79 Å². The molecule has 7 heteroatoms. The summed E-state index contributed by atoms with van der Waals surface area (Å²) in [7, 11) is 0. The van der Waals surface area contributed by atoms with E-state index in [-0.39, 0.29) is 6.42 Å². The minimum absolute atomic E-state index is 0.0715. The molecule has 0 saturated carbocycles. The number of rotatable bonds is 5. The first-order valence-electron chi connectivity index (χ1n) is 5.32. The summed E-state index contributed by atoms with van der Waals surface area (Å²) in [6.07, 6.45) is 2.53. The Balaban J connectivity index is 2.06. The number of carbonyl (C=O) groups is 1. The topological polar surface area (TPSA) is 89.1 Å². The molecule has 2 aromatic rings. The fourth-order valence-electron chi connectivity index (χ4n) is 1.39. The number of aromatic nitrogens is 3. The number of carboxylic acid groups (broad SMARTS) is 1. The van der Waals surface area contributed by atoms with Gasteiger partial charge in [0.05, 0.1) is 5.02 Å². The normalized spacial score (nSPS) is 10.5. The molecule has 0 aliphatic heterocycles. The SMILES string of the molecule is O=C(O)CCCc1nc(-c2ncccc2Cl)no1. The Labute approximate surface area is 108 Å². The number of hydrogen-bond acceptors (Lipinski definition) is 5. The van der Waals surface area contributed by atoms with Gasteiger partial charge in [-0.1, -0.05) is 16.8 Å². The van der Waals surface area contributed by atoms with Crippen molar-refractivity contribution in [2.24, 2.45) is 0 Å². The zero-order valence-corrected chi connectivity index (χ0v) is 10.1. The van der Waals surface area contributed by atoms with Gasteiger partial charge in [0.25, 0.3) is 0 Å². The maximum absolute atomic E-state index is 10.4. The van der Waals surface area contributed by atoms with Crippen molar-refractivity contribution in [3.05, 3.63) is 29.2 Å². The van der Waals surface area contributed by atoms with Crippen LogP contribution in [0.5, 0.6) is 0 Å². The first-order valence-corrected chi connectivity index (χ1v) is 5.70. The summed E-state index contributed by atoms with van der Waals surface area (Å²) < 4.78 is 5.00. The Kier molecular flexibility index (Phi) is 3.88. The van der Waals surface area contributed by atoms with E-state index in [0.29, 0.717) is 35.3 Å². The molecule has 0 saturated heterocycles. The summed E-state index contributed by atoms with van der Waals surface area (Å²) in [5, 5.41) is 12.7. The average molecular weight is 268 g/mol. The maximum atomic E-state index is 10.4. The summed E-state index contributed by atoms with van der Waals surface area (Å²) >= 11 is 5.95. The van der Waals surface area contributed by atoms with E-state index in [1.54, 1.807) is 18.3 Å². The van der Waals surface area contributed by atoms with Crippen molar-refractivity contribution in [3.8, 4) is 11.5 Å². The second-order valence-electron chi connectivity index (χ2n) is 3.59. The zero-order chi connectivity index (χ0) is 13.0. The predicted octanol–water partition coefficient (Wildman–Crippen LogP) is 2.19. The lowest BCUT2D eigenvalue weighted by molar-refractivity contribution is -0.137. The van der Waals surface area contributed by atoms with Gasteiger partial charge < -0.3 is 9.63 Å². The molecule has 0 aliphatic rings. The van der Waals surface area contributed by atoms with Gasteiger partial charge in [-0.05, 0) is 18.6 Å². The van der Waals surface area contributed by atoms with Crippen LogP contribution in [-0.4, -0.2) is 26.2 Å².